The quantitative estimate of drug-likeness (QED) is 0.472. The predicted octanol–water partition coefficient (Wildman–Crippen LogP) is 1.65. The molecule has 5 nitrogen and oxygen atoms in total. The molecule has 0 aliphatic carbocycles. The molecule has 1 aromatic carbocycles. The fourth-order valence-corrected chi connectivity index (χ4v) is 2.06. The molecule has 20 heavy (non-hydrogen) atoms. The third-order valence-electron chi connectivity index (χ3n) is 2.74. The van der Waals surface area contributed by atoms with Gasteiger partial charge in [-0.2, -0.15) is 0 Å². The van der Waals surface area contributed by atoms with Gasteiger partial charge in [-0.15, -0.1) is 0 Å². The lowest BCUT2D eigenvalue weighted by molar-refractivity contribution is 0.0949. The van der Waals surface area contributed by atoms with Crippen molar-refractivity contribution in [3.63, 3.8) is 0 Å². The lowest BCUT2D eigenvalue weighted by atomic mass is 9.96. The van der Waals surface area contributed by atoms with E-state index in [1.807, 2.05) is 6.07 Å². The van der Waals surface area contributed by atoms with Crippen molar-refractivity contribution in [2.45, 2.75) is 20.8 Å². The van der Waals surface area contributed by atoms with Crippen molar-refractivity contribution >= 4 is 5.91 Å². The summed E-state index contributed by atoms with van der Waals surface area (Å²) >= 11 is 0. The van der Waals surface area contributed by atoms with E-state index in [9.17, 15) is 4.79 Å². The average Bonchev–Trinajstić information content (AvgIpc) is 2.36. The van der Waals surface area contributed by atoms with Gasteiger partial charge in [0.1, 0.15) is 12.4 Å². The van der Waals surface area contributed by atoms with Crippen molar-refractivity contribution in [1.29, 1.82) is 0 Å². The molecule has 0 saturated heterocycles. The summed E-state index contributed by atoms with van der Waals surface area (Å²) in [6.07, 6.45) is 0. The van der Waals surface area contributed by atoms with E-state index < -0.39 is 0 Å². The highest BCUT2D eigenvalue weighted by Gasteiger charge is 2.14. The third-order valence-corrected chi connectivity index (χ3v) is 2.74. The van der Waals surface area contributed by atoms with Crippen molar-refractivity contribution in [2.24, 2.45) is 11.3 Å². The average molecular weight is 279 g/mol. The fourth-order valence-electron chi connectivity index (χ4n) is 2.06. The second kappa shape index (κ2) is 7.26. The van der Waals surface area contributed by atoms with Gasteiger partial charge in [0, 0.05) is 13.1 Å². The molecule has 1 rings (SSSR count). The van der Waals surface area contributed by atoms with E-state index in [0.29, 0.717) is 17.9 Å². The van der Waals surface area contributed by atoms with Crippen LogP contribution < -0.4 is 16.0 Å². The standard InChI is InChI=1S/C15H25N3O2/c1-15(2,3)11-18(4)9-10-20-13-8-6-5-7-12(13)14(19)17-16/h5-8H,9-11,16H2,1-4H3,(H,17,19). The van der Waals surface area contributed by atoms with Gasteiger partial charge in [0.05, 0.1) is 5.56 Å². The third kappa shape index (κ3) is 5.59. The van der Waals surface area contributed by atoms with Crippen LogP contribution in [0.2, 0.25) is 0 Å². The molecule has 0 atom stereocenters. The first-order valence-electron chi connectivity index (χ1n) is 6.75. The molecule has 0 heterocycles. The summed E-state index contributed by atoms with van der Waals surface area (Å²) in [6.45, 7) is 8.92. The number of hydrazine groups is 1. The Balaban J connectivity index is 2.52. The minimum atomic E-state index is -0.344. The van der Waals surface area contributed by atoms with Gasteiger partial charge in [-0.3, -0.25) is 10.2 Å². The lowest BCUT2D eigenvalue weighted by Crippen LogP contribution is -2.33. The van der Waals surface area contributed by atoms with Gasteiger partial charge in [0.25, 0.3) is 5.91 Å². The van der Waals surface area contributed by atoms with E-state index in [2.05, 4.69) is 38.1 Å². The monoisotopic (exact) mass is 279 g/mol. The van der Waals surface area contributed by atoms with E-state index >= 15 is 0 Å². The summed E-state index contributed by atoms with van der Waals surface area (Å²) in [5, 5.41) is 0. The maximum Gasteiger partial charge on any atom is 0.268 e. The van der Waals surface area contributed by atoms with Gasteiger partial charge in [0.15, 0.2) is 0 Å². The number of nitrogens with one attached hydrogen (secondary N) is 1. The van der Waals surface area contributed by atoms with Gasteiger partial charge in [-0.05, 0) is 24.6 Å². The molecular weight excluding hydrogens is 254 g/mol. The van der Waals surface area contributed by atoms with E-state index in [-0.39, 0.29) is 11.3 Å². The van der Waals surface area contributed by atoms with Gasteiger partial charge >= 0.3 is 0 Å². The topological polar surface area (TPSA) is 67.6 Å². The number of hydrogen-bond donors (Lipinski definition) is 2. The molecule has 1 amide bonds. The van der Waals surface area contributed by atoms with Gasteiger partial charge < -0.3 is 9.64 Å². The SMILES string of the molecule is CN(CCOc1ccccc1C(=O)NN)CC(C)(C)C. The number of nitrogens with zero attached hydrogens (tertiary/aromatic N) is 1. The number of rotatable bonds is 6. The molecule has 0 aliphatic heterocycles. The van der Waals surface area contributed by atoms with Crippen LogP contribution in [-0.4, -0.2) is 37.6 Å². The van der Waals surface area contributed by atoms with Crippen LogP contribution in [0.5, 0.6) is 5.75 Å². The van der Waals surface area contributed by atoms with Crippen LogP contribution in [0.25, 0.3) is 0 Å². The molecule has 112 valence electrons. The minimum Gasteiger partial charge on any atom is -0.491 e. The van der Waals surface area contributed by atoms with Gasteiger partial charge in [0.2, 0.25) is 0 Å². The van der Waals surface area contributed by atoms with Crippen molar-refractivity contribution in [2.75, 3.05) is 26.7 Å². The first kappa shape index (κ1) is 16.5. The lowest BCUT2D eigenvalue weighted by Gasteiger charge is -2.26. The second-order valence-corrected chi connectivity index (χ2v) is 6.12. The van der Waals surface area contributed by atoms with Crippen LogP contribution in [0.1, 0.15) is 31.1 Å². The Hall–Kier alpha value is -1.59. The molecular formula is C15H25N3O2. The molecule has 3 N–H and O–H groups in total. The molecule has 0 aliphatic rings. The number of nitrogen functional groups attached to an aromatic ring is 1. The summed E-state index contributed by atoms with van der Waals surface area (Å²) in [7, 11) is 2.06. The first-order chi connectivity index (χ1) is 9.33. The molecule has 0 bridgehead atoms. The second-order valence-electron chi connectivity index (χ2n) is 6.12. The highest BCUT2D eigenvalue weighted by molar-refractivity contribution is 5.96. The molecule has 0 unspecified atom stereocenters. The Labute approximate surface area is 121 Å². The van der Waals surface area contributed by atoms with Crippen molar-refractivity contribution in [1.82, 2.24) is 10.3 Å². The molecule has 0 saturated carbocycles. The number of hydrogen-bond acceptors (Lipinski definition) is 4. The summed E-state index contributed by atoms with van der Waals surface area (Å²) < 4.78 is 5.69. The van der Waals surface area contributed by atoms with Crippen molar-refractivity contribution < 1.29 is 9.53 Å². The highest BCUT2D eigenvalue weighted by atomic mass is 16.5. The summed E-state index contributed by atoms with van der Waals surface area (Å²) in [5.74, 6) is 5.37. The molecule has 0 aromatic heterocycles. The van der Waals surface area contributed by atoms with Crippen LogP contribution in [-0.2, 0) is 0 Å². The van der Waals surface area contributed by atoms with E-state index in [1.54, 1.807) is 18.2 Å². The highest BCUT2D eigenvalue weighted by Crippen LogP contribution is 2.18. The largest absolute Gasteiger partial charge is 0.491 e. The maximum atomic E-state index is 11.6. The summed E-state index contributed by atoms with van der Waals surface area (Å²) in [6, 6.07) is 7.08. The molecule has 0 radical (unpaired) electrons. The van der Waals surface area contributed by atoms with Crippen LogP contribution >= 0.6 is 0 Å². The zero-order valence-corrected chi connectivity index (χ0v) is 12.8. The van der Waals surface area contributed by atoms with Crippen LogP contribution in [0, 0.1) is 5.41 Å². The van der Waals surface area contributed by atoms with Crippen molar-refractivity contribution in [3.05, 3.63) is 29.8 Å². The fraction of sp³-hybridized carbons (Fsp3) is 0.533. The number of benzene rings is 1. The zero-order valence-electron chi connectivity index (χ0n) is 12.8. The van der Waals surface area contributed by atoms with E-state index in [1.165, 1.54) is 0 Å². The summed E-state index contributed by atoms with van der Waals surface area (Å²) in [5.41, 5.74) is 2.83. The number of carbonyl (C=O) groups excluding carboxylic acids is 1. The Morgan fingerprint density at radius 3 is 2.60 bits per heavy atom. The van der Waals surface area contributed by atoms with E-state index in [4.69, 9.17) is 10.6 Å². The molecule has 5 heteroatoms. The van der Waals surface area contributed by atoms with Gasteiger partial charge in [-0.25, -0.2) is 5.84 Å². The van der Waals surface area contributed by atoms with Crippen LogP contribution in [0.3, 0.4) is 0 Å². The Bertz CT molecular complexity index is 441. The first-order valence-corrected chi connectivity index (χ1v) is 6.75. The van der Waals surface area contributed by atoms with Crippen LogP contribution in [0.4, 0.5) is 0 Å². The number of ether oxygens (including phenoxy) is 1. The Kier molecular flexibility index (Phi) is 5.98. The minimum absolute atomic E-state index is 0.256. The van der Waals surface area contributed by atoms with Gasteiger partial charge in [-0.1, -0.05) is 32.9 Å². The molecule has 0 spiro atoms. The Morgan fingerprint density at radius 2 is 2.00 bits per heavy atom. The smallest absolute Gasteiger partial charge is 0.268 e. The number of amides is 1. The number of nitrogens with two attached hydrogens (primary N) is 1. The van der Waals surface area contributed by atoms with Crippen LogP contribution in [0.15, 0.2) is 24.3 Å². The number of para-hydroxylation sites is 1. The zero-order chi connectivity index (χ0) is 15.2. The normalized spacial score (nSPS) is 11.5. The van der Waals surface area contributed by atoms with Crippen molar-refractivity contribution in [3.8, 4) is 5.75 Å². The maximum absolute atomic E-state index is 11.6. The van der Waals surface area contributed by atoms with E-state index in [0.717, 1.165) is 13.1 Å². The summed E-state index contributed by atoms with van der Waals surface area (Å²) in [4.78, 5) is 13.8. The number of carbonyl (C=O) groups is 1. The Morgan fingerprint density at radius 1 is 1.35 bits per heavy atom. The molecule has 1 aromatic rings. The number of likely N-dealkylation sites (N-methyl/N-ethyl adjacent to an activating group) is 1. The molecule has 0 fully saturated rings. The predicted molar refractivity (Wildman–Crippen MR) is 80.5 cm³/mol.